The third-order valence-corrected chi connectivity index (χ3v) is 6.99. The Kier molecular flexibility index (Phi) is 5.35. The summed E-state index contributed by atoms with van der Waals surface area (Å²) < 4.78 is 14.6. The zero-order valence-corrected chi connectivity index (χ0v) is 20.7. The number of hydrogen-bond donors (Lipinski definition) is 3. The lowest BCUT2D eigenvalue weighted by Crippen LogP contribution is -2.33. The van der Waals surface area contributed by atoms with Crippen LogP contribution in [0.1, 0.15) is 37.4 Å². The Morgan fingerprint density at radius 3 is 2.38 bits per heavy atom. The summed E-state index contributed by atoms with van der Waals surface area (Å²) in [6.45, 7) is 0. The Bertz CT molecular complexity index is 1400. The van der Waals surface area contributed by atoms with Crippen LogP contribution in [0.2, 0.25) is 10.0 Å². The minimum Gasteiger partial charge on any atom is -0.456 e. The molecular weight excluding hydrogens is 497 g/mol. The van der Waals surface area contributed by atoms with E-state index in [9.17, 15) is 9.59 Å². The van der Waals surface area contributed by atoms with E-state index in [1.807, 2.05) is 55.4 Å². The number of anilines is 2. The van der Waals surface area contributed by atoms with Crippen molar-refractivity contribution in [2.75, 3.05) is 31.4 Å². The zero-order valence-electron chi connectivity index (χ0n) is 18.3. The summed E-state index contributed by atoms with van der Waals surface area (Å²) in [4.78, 5) is 27.6. The van der Waals surface area contributed by atoms with Crippen LogP contribution in [0.4, 0.5) is 11.4 Å². The van der Waals surface area contributed by atoms with Crippen molar-refractivity contribution in [2.45, 2.75) is 5.60 Å². The van der Waals surface area contributed by atoms with E-state index >= 15 is 0 Å². The maximum Gasteiger partial charge on any atom is 0.341 e. The molecule has 0 radical (unpaired) electrons. The van der Waals surface area contributed by atoms with Gasteiger partial charge in [0.15, 0.2) is 5.60 Å². The summed E-state index contributed by atoms with van der Waals surface area (Å²) >= 11 is 17.1. The highest BCUT2D eigenvalue weighted by Gasteiger charge is 2.56. The largest absolute Gasteiger partial charge is 0.456 e. The van der Waals surface area contributed by atoms with Crippen LogP contribution in [0, 0.1) is 0 Å². The van der Waals surface area contributed by atoms with Gasteiger partial charge in [0, 0.05) is 61.3 Å². The Morgan fingerprint density at radius 1 is 1.06 bits per heavy atom. The first-order valence-corrected chi connectivity index (χ1v) is 11.5. The number of nitrogens with zero attached hydrogens (tertiary/aromatic N) is 1. The molecule has 2 N–H and O–H groups in total. The lowest BCUT2D eigenvalue weighted by molar-refractivity contribution is 0.0225. The molecule has 1 spiro atoms. The average molecular weight is 516 g/mol. The third-order valence-electron chi connectivity index (χ3n) is 6.09. The molecular formula is C24H19Cl2N3O4S. The molecule has 2 aliphatic rings. The molecule has 174 valence electrons. The van der Waals surface area contributed by atoms with Crippen molar-refractivity contribution in [1.82, 2.24) is 4.72 Å². The first kappa shape index (κ1) is 22.7. The molecule has 0 saturated heterocycles. The normalized spacial score (nSPS) is 17.3. The van der Waals surface area contributed by atoms with Crippen LogP contribution in [-0.4, -0.2) is 33.0 Å². The Hall–Kier alpha value is -3.07. The molecule has 0 fully saturated rings. The van der Waals surface area contributed by atoms with E-state index in [1.54, 1.807) is 7.05 Å². The zero-order chi connectivity index (χ0) is 24.4. The third kappa shape index (κ3) is 3.06. The van der Waals surface area contributed by atoms with E-state index < -0.39 is 17.5 Å². The average Bonchev–Trinajstić information content (AvgIpc) is 3.14. The van der Waals surface area contributed by atoms with Gasteiger partial charge in [-0.2, -0.15) is 0 Å². The number of carbonyl (C=O) groups is 2. The number of fused-ring (bicyclic) bond motifs is 6. The summed E-state index contributed by atoms with van der Waals surface area (Å²) in [7, 11) is 5.64. The summed E-state index contributed by atoms with van der Waals surface area (Å²) in [6.07, 6.45) is 0. The molecule has 3 aromatic carbocycles. The van der Waals surface area contributed by atoms with Gasteiger partial charge in [-0.1, -0.05) is 36.0 Å². The summed E-state index contributed by atoms with van der Waals surface area (Å²) in [5.74, 6) is -0.269. The van der Waals surface area contributed by atoms with Gasteiger partial charge in [-0.25, -0.2) is 4.79 Å². The molecule has 2 aliphatic heterocycles. The van der Waals surface area contributed by atoms with E-state index in [1.165, 1.54) is 6.07 Å². The number of halogens is 2. The maximum absolute atomic E-state index is 13.3. The van der Waals surface area contributed by atoms with Crippen molar-refractivity contribution in [3.05, 3.63) is 80.3 Å². The predicted molar refractivity (Wildman–Crippen MR) is 135 cm³/mol. The second-order valence-electron chi connectivity index (χ2n) is 8.12. The number of benzene rings is 3. The highest BCUT2D eigenvalue weighted by Crippen LogP contribution is 2.59. The van der Waals surface area contributed by atoms with Crippen molar-refractivity contribution in [1.29, 1.82) is 0 Å². The number of ether oxygens (including phenoxy) is 2. The van der Waals surface area contributed by atoms with Crippen molar-refractivity contribution >= 4 is 59.3 Å². The van der Waals surface area contributed by atoms with Crippen molar-refractivity contribution < 1.29 is 19.1 Å². The highest BCUT2D eigenvalue weighted by atomic mass is 35.5. The molecule has 5 rings (SSSR count). The molecule has 3 aromatic rings. The maximum atomic E-state index is 13.3. The summed E-state index contributed by atoms with van der Waals surface area (Å²) in [6, 6.07) is 12.5. The molecule has 0 saturated carbocycles. The number of thiol groups is 1. The summed E-state index contributed by atoms with van der Waals surface area (Å²) in [5, 5.41) is 3.19. The highest BCUT2D eigenvalue weighted by molar-refractivity contribution is 7.78. The van der Waals surface area contributed by atoms with Crippen molar-refractivity contribution in [3.8, 4) is 11.5 Å². The van der Waals surface area contributed by atoms with Gasteiger partial charge in [0.2, 0.25) is 0 Å². The van der Waals surface area contributed by atoms with Gasteiger partial charge >= 0.3 is 5.97 Å². The molecule has 1 unspecified atom stereocenters. The fourth-order valence-electron chi connectivity index (χ4n) is 4.49. The lowest BCUT2D eigenvalue weighted by Gasteiger charge is -2.37. The standard InChI is InChI=1S/C24H19Cl2N3O4S/c1-27-11-4-6-14-17(8-11)32-18-9-12(29(2)3)5-7-15(18)24(14)20-16(25)10-13(22(30)28-34)21(26)19(20)23(31)33-24/h4-10,27,34H,1-3H3,(H,28,30). The number of hydrogen-bond acceptors (Lipinski definition) is 7. The molecule has 1 amide bonds. The van der Waals surface area contributed by atoms with Crippen LogP contribution >= 0.6 is 36.0 Å². The smallest absolute Gasteiger partial charge is 0.341 e. The lowest BCUT2D eigenvalue weighted by atomic mass is 9.77. The summed E-state index contributed by atoms with van der Waals surface area (Å²) in [5.41, 5.74) is 1.91. The molecule has 0 aromatic heterocycles. The number of amides is 1. The second kappa shape index (κ2) is 8.01. The van der Waals surface area contributed by atoms with E-state index in [-0.39, 0.29) is 21.2 Å². The molecule has 0 bridgehead atoms. The van der Waals surface area contributed by atoms with Gasteiger partial charge in [0.05, 0.1) is 21.2 Å². The van der Waals surface area contributed by atoms with Crippen LogP contribution in [0.3, 0.4) is 0 Å². The first-order chi connectivity index (χ1) is 16.2. The van der Waals surface area contributed by atoms with Gasteiger partial charge in [-0.15, -0.1) is 0 Å². The van der Waals surface area contributed by atoms with Crippen LogP contribution in [0.5, 0.6) is 11.5 Å². The van der Waals surface area contributed by atoms with Crippen molar-refractivity contribution in [2.24, 2.45) is 0 Å². The predicted octanol–water partition coefficient (Wildman–Crippen LogP) is 5.24. The number of rotatable bonds is 3. The van der Waals surface area contributed by atoms with E-state index in [0.717, 1.165) is 11.4 Å². The number of esters is 1. The fourth-order valence-corrected chi connectivity index (χ4v) is 5.26. The second-order valence-corrected chi connectivity index (χ2v) is 9.13. The minimum absolute atomic E-state index is 0.0235. The number of nitrogens with one attached hydrogen (secondary N) is 2. The van der Waals surface area contributed by atoms with Gasteiger partial charge in [0.25, 0.3) is 5.91 Å². The minimum atomic E-state index is -1.41. The van der Waals surface area contributed by atoms with E-state index in [0.29, 0.717) is 28.2 Å². The fraction of sp³-hybridized carbons (Fsp3) is 0.167. The molecule has 34 heavy (non-hydrogen) atoms. The Balaban J connectivity index is 1.88. The van der Waals surface area contributed by atoms with Crippen molar-refractivity contribution in [3.63, 3.8) is 0 Å². The van der Waals surface area contributed by atoms with Crippen LogP contribution in [0.25, 0.3) is 0 Å². The monoisotopic (exact) mass is 515 g/mol. The quantitative estimate of drug-likeness (QED) is 0.326. The van der Waals surface area contributed by atoms with Crippen LogP contribution in [-0.2, 0) is 10.3 Å². The van der Waals surface area contributed by atoms with E-state index in [2.05, 4.69) is 22.9 Å². The van der Waals surface area contributed by atoms with Crippen LogP contribution in [0.15, 0.2) is 42.5 Å². The van der Waals surface area contributed by atoms with Gasteiger partial charge < -0.3 is 19.7 Å². The molecule has 0 aliphatic carbocycles. The Labute approximate surface area is 211 Å². The molecule has 2 heterocycles. The topological polar surface area (TPSA) is 79.9 Å². The SMILES string of the molecule is CNc1ccc2c(c1)Oc1cc(N(C)C)ccc1C21OC(=O)c2c(Cl)c(C(=O)NS)cc(Cl)c21. The first-order valence-electron chi connectivity index (χ1n) is 10.2. The van der Waals surface area contributed by atoms with E-state index in [4.69, 9.17) is 32.7 Å². The molecule has 10 heteroatoms. The van der Waals surface area contributed by atoms with Gasteiger partial charge in [0.1, 0.15) is 11.5 Å². The van der Waals surface area contributed by atoms with Gasteiger partial charge in [-0.05, 0) is 30.3 Å². The molecule has 7 nitrogen and oxygen atoms in total. The van der Waals surface area contributed by atoms with Crippen LogP contribution < -0.4 is 19.7 Å². The number of carbonyl (C=O) groups excluding carboxylic acids is 2. The Morgan fingerprint density at radius 2 is 1.74 bits per heavy atom. The molecule has 1 atom stereocenters. The van der Waals surface area contributed by atoms with Gasteiger partial charge in [-0.3, -0.25) is 9.52 Å².